The second-order valence-corrected chi connectivity index (χ2v) is 9.51. The van der Waals surface area contributed by atoms with Crippen LogP contribution in [0.25, 0.3) is 22.2 Å². The van der Waals surface area contributed by atoms with E-state index >= 15 is 0 Å². The quantitative estimate of drug-likeness (QED) is 0.371. The van der Waals surface area contributed by atoms with Gasteiger partial charge >= 0.3 is 7.12 Å². The minimum absolute atomic E-state index is 0.375. The fourth-order valence-electron chi connectivity index (χ4n) is 3.96. The highest BCUT2D eigenvalue weighted by molar-refractivity contribution is 6.62. The van der Waals surface area contributed by atoms with E-state index in [0.717, 1.165) is 38.9 Å². The maximum Gasteiger partial charge on any atom is 0.494 e. The van der Waals surface area contributed by atoms with Crippen LogP contribution in [0.2, 0.25) is 0 Å². The molecule has 1 aliphatic rings. The predicted octanol–water partition coefficient (Wildman–Crippen LogP) is 5.78. The van der Waals surface area contributed by atoms with Crippen LogP contribution in [-0.2, 0) is 15.9 Å². The third-order valence-corrected chi connectivity index (χ3v) is 6.63. The molecule has 0 aliphatic carbocycles. The first kappa shape index (κ1) is 21.7. The van der Waals surface area contributed by atoms with E-state index in [1.54, 1.807) is 0 Å². The topological polar surface area (TPSA) is 40.6 Å². The Morgan fingerprint density at radius 2 is 1.52 bits per heavy atom. The summed E-state index contributed by atoms with van der Waals surface area (Å²) in [4.78, 5) is 4.98. The van der Waals surface area contributed by atoms with Crippen LogP contribution in [0, 0.1) is 0 Å². The zero-order valence-corrected chi connectivity index (χ0v) is 19.5. The molecule has 0 bridgehead atoms. The summed E-state index contributed by atoms with van der Waals surface area (Å²) in [6, 6.07) is 28.6. The summed E-state index contributed by atoms with van der Waals surface area (Å²) in [5.41, 5.74) is 4.12. The Bertz CT molecular complexity index is 1270. The van der Waals surface area contributed by atoms with Gasteiger partial charge in [0.25, 0.3) is 0 Å². The number of fused-ring (bicyclic) bond motifs is 1. The molecular weight excluding hydrogens is 409 g/mol. The molecule has 1 aromatic heterocycles. The Kier molecular flexibility index (Phi) is 5.47. The minimum atomic E-state index is -0.403. The van der Waals surface area contributed by atoms with Gasteiger partial charge in [0.2, 0.25) is 0 Å². The van der Waals surface area contributed by atoms with Crippen molar-refractivity contribution in [3.05, 3.63) is 90.5 Å². The van der Waals surface area contributed by atoms with Crippen LogP contribution < -0.4 is 10.2 Å². The molecule has 1 saturated heterocycles. The summed E-state index contributed by atoms with van der Waals surface area (Å²) in [5, 5.41) is 1.05. The van der Waals surface area contributed by atoms with Gasteiger partial charge in [0, 0.05) is 5.39 Å². The predicted molar refractivity (Wildman–Crippen MR) is 134 cm³/mol. The van der Waals surface area contributed by atoms with Gasteiger partial charge in [-0.1, -0.05) is 72.8 Å². The van der Waals surface area contributed by atoms with Crippen LogP contribution in [0.1, 0.15) is 33.3 Å². The lowest BCUT2D eigenvalue weighted by Crippen LogP contribution is -2.41. The van der Waals surface area contributed by atoms with Crippen molar-refractivity contribution in [2.24, 2.45) is 0 Å². The van der Waals surface area contributed by atoms with Gasteiger partial charge in [-0.3, -0.25) is 0 Å². The van der Waals surface area contributed by atoms with Crippen molar-refractivity contribution in [2.45, 2.75) is 45.5 Å². The van der Waals surface area contributed by atoms with E-state index < -0.39 is 7.12 Å². The number of rotatable bonds is 5. The van der Waals surface area contributed by atoms with Crippen molar-refractivity contribution in [1.82, 2.24) is 4.98 Å². The molecule has 5 rings (SSSR count). The van der Waals surface area contributed by atoms with Crippen molar-refractivity contribution in [3.63, 3.8) is 0 Å². The van der Waals surface area contributed by atoms with Crippen LogP contribution in [-0.4, -0.2) is 23.3 Å². The molecule has 4 aromatic rings. The molecule has 1 aliphatic heterocycles. The van der Waals surface area contributed by atoms with Crippen LogP contribution >= 0.6 is 0 Å². The molecule has 0 unspecified atom stereocenters. The Morgan fingerprint density at radius 1 is 0.788 bits per heavy atom. The van der Waals surface area contributed by atoms with E-state index in [1.165, 1.54) is 0 Å². The van der Waals surface area contributed by atoms with E-state index in [9.17, 15) is 0 Å². The second-order valence-electron chi connectivity index (χ2n) is 9.51. The van der Waals surface area contributed by atoms with Crippen LogP contribution in [0.15, 0.2) is 84.9 Å². The molecule has 33 heavy (non-hydrogen) atoms. The third kappa shape index (κ3) is 4.26. The molecule has 3 aromatic carbocycles. The summed E-state index contributed by atoms with van der Waals surface area (Å²) in [6.45, 7) is 8.78. The smallest absolute Gasteiger partial charge is 0.487 e. The number of ether oxygens (including phenoxy) is 1. The van der Waals surface area contributed by atoms with Crippen LogP contribution in [0.3, 0.4) is 0 Å². The molecule has 0 saturated carbocycles. The summed E-state index contributed by atoms with van der Waals surface area (Å²) >= 11 is 0. The average Bonchev–Trinajstić information content (AvgIpc) is 3.05. The average molecular weight is 437 g/mol. The van der Waals surface area contributed by atoms with Crippen molar-refractivity contribution < 1.29 is 14.0 Å². The zero-order valence-electron chi connectivity index (χ0n) is 19.5. The molecule has 0 amide bonds. The minimum Gasteiger partial charge on any atom is -0.487 e. The maximum atomic E-state index is 6.24. The number of pyridine rings is 1. The van der Waals surface area contributed by atoms with E-state index in [0.29, 0.717) is 6.61 Å². The lowest BCUT2D eigenvalue weighted by Gasteiger charge is -2.32. The van der Waals surface area contributed by atoms with Gasteiger partial charge in [-0.25, -0.2) is 4.98 Å². The summed E-state index contributed by atoms with van der Waals surface area (Å²) in [7, 11) is -0.403. The molecule has 0 N–H and O–H groups in total. The molecule has 166 valence electrons. The molecule has 0 spiro atoms. The molecule has 0 radical (unpaired) electrons. The highest BCUT2D eigenvalue weighted by Crippen LogP contribution is 2.36. The summed E-state index contributed by atoms with van der Waals surface area (Å²) < 4.78 is 18.6. The fourth-order valence-corrected chi connectivity index (χ4v) is 3.96. The van der Waals surface area contributed by atoms with Gasteiger partial charge in [0.1, 0.15) is 17.9 Å². The van der Waals surface area contributed by atoms with Gasteiger partial charge in [-0.05, 0) is 56.4 Å². The highest BCUT2D eigenvalue weighted by Gasteiger charge is 2.51. The number of benzene rings is 3. The molecular formula is C28H28BNO3. The Labute approximate surface area is 195 Å². The van der Waals surface area contributed by atoms with Crippen molar-refractivity contribution in [1.29, 1.82) is 0 Å². The number of hydrogen-bond donors (Lipinski definition) is 0. The summed E-state index contributed by atoms with van der Waals surface area (Å²) in [6.07, 6.45) is 0. The number of para-hydroxylation sites is 1. The van der Waals surface area contributed by atoms with E-state index in [1.807, 2.05) is 48.5 Å². The van der Waals surface area contributed by atoms with Gasteiger partial charge in [-0.15, -0.1) is 0 Å². The Morgan fingerprint density at radius 3 is 2.27 bits per heavy atom. The van der Waals surface area contributed by atoms with Gasteiger partial charge in [0.05, 0.1) is 16.9 Å². The second kappa shape index (κ2) is 8.33. The molecule has 5 heteroatoms. The van der Waals surface area contributed by atoms with E-state index in [4.69, 9.17) is 19.0 Å². The SMILES string of the molecule is CC1(C)OB(c2cccc(-c3ccc4cccc(OCc5ccccc5)c4n3)c2)OC1(C)C. The first-order valence-electron chi connectivity index (χ1n) is 11.3. The lowest BCUT2D eigenvalue weighted by atomic mass is 9.78. The lowest BCUT2D eigenvalue weighted by molar-refractivity contribution is 0.00578. The largest absolute Gasteiger partial charge is 0.494 e. The first-order valence-corrected chi connectivity index (χ1v) is 11.3. The Balaban J connectivity index is 1.45. The van der Waals surface area contributed by atoms with Crippen LogP contribution in [0.5, 0.6) is 5.75 Å². The molecule has 4 nitrogen and oxygen atoms in total. The van der Waals surface area contributed by atoms with Gasteiger partial charge in [0.15, 0.2) is 0 Å². The van der Waals surface area contributed by atoms with E-state index in [-0.39, 0.29) is 11.2 Å². The number of nitrogens with zero attached hydrogens (tertiary/aromatic N) is 1. The fraction of sp³-hybridized carbons (Fsp3) is 0.250. The van der Waals surface area contributed by atoms with Crippen molar-refractivity contribution in [3.8, 4) is 17.0 Å². The van der Waals surface area contributed by atoms with Crippen LogP contribution in [0.4, 0.5) is 0 Å². The molecule has 2 heterocycles. The van der Waals surface area contributed by atoms with Gasteiger partial charge < -0.3 is 14.0 Å². The monoisotopic (exact) mass is 437 g/mol. The summed E-state index contributed by atoms with van der Waals surface area (Å²) in [5.74, 6) is 0.778. The third-order valence-electron chi connectivity index (χ3n) is 6.63. The number of aromatic nitrogens is 1. The van der Waals surface area contributed by atoms with Gasteiger partial charge in [-0.2, -0.15) is 0 Å². The van der Waals surface area contributed by atoms with Crippen molar-refractivity contribution in [2.75, 3.05) is 0 Å². The Hall–Kier alpha value is -3.15. The van der Waals surface area contributed by atoms with Crippen molar-refractivity contribution >= 4 is 23.5 Å². The normalized spacial score (nSPS) is 16.8. The first-order chi connectivity index (χ1) is 15.8. The standard InChI is InChI=1S/C28H28BNO3/c1-27(2)28(3,4)33-29(32-27)23-14-8-13-22(18-23)24-17-16-21-12-9-15-25(26(21)30-24)31-19-20-10-6-5-7-11-20/h5-18H,19H2,1-4H3. The maximum absolute atomic E-state index is 6.24. The molecule has 0 atom stereocenters. The zero-order chi connectivity index (χ0) is 23.1. The highest BCUT2D eigenvalue weighted by atomic mass is 16.7. The number of hydrogen-bond acceptors (Lipinski definition) is 4. The molecule has 1 fully saturated rings. The van der Waals surface area contributed by atoms with E-state index in [2.05, 4.69) is 64.1 Å².